The van der Waals surface area contributed by atoms with E-state index >= 15 is 0 Å². The Morgan fingerprint density at radius 1 is 0.917 bits per heavy atom. The largest absolute Gasteiger partial charge is 0.497 e. The highest BCUT2D eigenvalue weighted by molar-refractivity contribution is 7.99. The highest BCUT2D eigenvalue weighted by Crippen LogP contribution is 2.35. The van der Waals surface area contributed by atoms with Crippen LogP contribution < -0.4 is 19.5 Å². The monoisotopic (exact) mass is 666 g/mol. The van der Waals surface area contributed by atoms with E-state index in [1.165, 1.54) is 18.0 Å². The number of hydrazone groups is 1. The molecule has 0 aliphatic carbocycles. The molecule has 3 aromatic carbocycles. The second-order valence-electron chi connectivity index (χ2n) is 10.6. The Morgan fingerprint density at radius 3 is 2.25 bits per heavy atom. The Morgan fingerprint density at radius 2 is 1.60 bits per heavy atom. The van der Waals surface area contributed by atoms with Gasteiger partial charge in [-0.05, 0) is 90.8 Å². The Balaban J connectivity index is 1.25. The summed E-state index contributed by atoms with van der Waals surface area (Å²) in [7, 11) is 3.24. The number of aromatic nitrogens is 3. The lowest BCUT2D eigenvalue weighted by molar-refractivity contribution is -0.130. The number of methoxy groups -OCH3 is 2. The van der Waals surface area contributed by atoms with Crippen molar-refractivity contribution in [1.82, 2.24) is 25.1 Å². The standard InChI is InChI=1S/C35H34N6O6S/c1-4-46-28-17-11-25(12-18-28)40-32(21-36-34(43)31-6-5-19-47-31)37-38-35(40)48-22-33(42)41-30(24-9-15-27(45-3)16-10-24)20-29(39-41)23-7-13-26(44-2)14-8-23/h5-19,30H,4,20-22H2,1-3H3,(H,36,43)/t30-/m0/s1. The van der Waals surface area contributed by atoms with Crippen LogP contribution in [0.1, 0.15) is 46.9 Å². The first-order valence-electron chi connectivity index (χ1n) is 15.3. The number of carbonyl (C=O) groups excluding carboxylic acids is 2. The molecule has 48 heavy (non-hydrogen) atoms. The van der Waals surface area contributed by atoms with Gasteiger partial charge >= 0.3 is 0 Å². The van der Waals surface area contributed by atoms with Crippen LogP contribution in [-0.4, -0.2) is 63.9 Å². The van der Waals surface area contributed by atoms with E-state index in [1.807, 2.05) is 84.3 Å². The van der Waals surface area contributed by atoms with Crippen LogP contribution in [0.5, 0.6) is 17.2 Å². The number of ether oxygens (including phenoxy) is 3. The van der Waals surface area contributed by atoms with E-state index in [4.69, 9.17) is 23.7 Å². The predicted octanol–water partition coefficient (Wildman–Crippen LogP) is 5.68. The third-order valence-corrected chi connectivity index (χ3v) is 8.59. The predicted molar refractivity (Wildman–Crippen MR) is 180 cm³/mol. The Labute approximate surface area is 281 Å². The van der Waals surface area contributed by atoms with Gasteiger partial charge < -0.3 is 23.9 Å². The van der Waals surface area contributed by atoms with Crippen LogP contribution in [0.3, 0.4) is 0 Å². The first-order valence-corrected chi connectivity index (χ1v) is 16.3. The van der Waals surface area contributed by atoms with Crippen molar-refractivity contribution in [1.29, 1.82) is 0 Å². The highest BCUT2D eigenvalue weighted by atomic mass is 32.2. The van der Waals surface area contributed by atoms with Crippen LogP contribution >= 0.6 is 11.8 Å². The van der Waals surface area contributed by atoms with E-state index in [-0.39, 0.29) is 35.9 Å². The van der Waals surface area contributed by atoms with Crippen molar-refractivity contribution in [2.24, 2.45) is 5.10 Å². The molecule has 0 spiro atoms. The molecular weight excluding hydrogens is 632 g/mol. The van der Waals surface area contributed by atoms with Gasteiger partial charge in [-0.3, -0.25) is 14.2 Å². The summed E-state index contributed by atoms with van der Waals surface area (Å²) in [6.45, 7) is 2.54. The first-order chi connectivity index (χ1) is 23.5. The normalized spacial score (nSPS) is 14.0. The van der Waals surface area contributed by atoms with Crippen LogP contribution in [0.15, 0.2) is 106 Å². The summed E-state index contributed by atoms with van der Waals surface area (Å²) in [5.41, 5.74) is 3.39. The zero-order valence-electron chi connectivity index (χ0n) is 26.7. The molecule has 0 radical (unpaired) electrons. The Kier molecular flexibility index (Phi) is 10.1. The lowest BCUT2D eigenvalue weighted by Gasteiger charge is -2.22. The molecule has 246 valence electrons. The first kappa shape index (κ1) is 32.4. The summed E-state index contributed by atoms with van der Waals surface area (Å²) in [5.74, 6) is 2.32. The maximum absolute atomic E-state index is 13.9. The number of hydrogen-bond donors (Lipinski definition) is 1. The van der Waals surface area contributed by atoms with Gasteiger partial charge in [-0.25, -0.2) is 5.01 Å². The van der Waals surface area contributed by atoms with Gasteiger partial charge in [0.25, 0.3) is 11.8 Å². The number of carbonyl (C=O) groups is 2. The maximum Gasteiger partial charge on any atom is 0.287 e. The molecule has 1 aliphatic heterocycles. The number of hydrogen-bond acceptors (Lipinski definition) is 10. The molecule has 6 rings (SSSR count). The van der Waals surface area contributed by atoms with Gasteiger partial charge in [-0.2, -0.15) is 5.10 Å². The number of rotatable bonds is 13. The van der Waals surface area contributed by atoms with Gasteiger partial charge in [-0.1, -0.05) is 23.9 Å². The van der Waals surface area contributed by atoms with Crippen LogP contribution in [0.25, 0.3) is 5.69 Å². The summed E-state index contributed by atoms with van der Waals surface area (Å²) in [4.78, 5) is 26.5. The minimum atomic E-state index is -0.380. The topological polar surface area (TPSA) is 133 Å². The molecule has 5 aromatic rings. The summed E-state index contributed by atoms with van der Waals surface area (Å²) in [6.07, 6.45) is 1.98. The van der Waals surface area contributed by atoms with Gasteiger partial charge in [0.05, 0.1) is 51.1 Å². The maximum atomic E-state index is 13.9. The summed E-state index contributed by atoms with van der Waals surface area (Å²) < 4.78 is 23.3. The molecule has 3 heterocycles. The van der Waals surface area contributed by atoms with Crippen molar-refractivity contribution in [3.8, 4) is 22.9 Å². The van der Waals surface area contributed by atoms with Crippen molar-refractivity contribution in [3.05, 3.63) is 114 Å². The number of nitrogens with one attached hydrogen (secondary N) is 1. The Hall–Kier alpha value is -5.56. The molecule has 1 N–H and O–H groups in total. The number of amides is 2. The summed E-state index contributed by atoms with van der Waals surface area (Å²) >= 11 is 1.24. The molecule has 1 atom stereocenters. The molecular formula is C35H34N6O6S. The summed E-state index contributed by atoms with van der Waals surface area (Å²) in [6, 6.07) is 25.7. The van der Waals surface area contributed by atoms with Crippen LogP contribution in [0.2, 0.25) is 0 Å². The van der Waals surface area contributed by atoms with E-state index in [1.54, 1.807) is 31.4 Å². The van der Waals surface area contributed by atoms with Gasteiger partial charge in [-0.15, -0.1) is 10.2 Å². The smallest absolute Gasteiger partial charge is 0.287 e. The van der Waals surface area contributed by atoms with Gasteiger partial charge in [0.15, 0.2) is 16.7 Å². The van der Waals surface area contributed by atoms with Crippen molar-refractivity contribution in [2.45, 2.75) is 31.1 Å². The number of thioether (sulfide) groups is 1. The second kappa shape index (κ2) is 14.9. The molecule has 2 aromatic heterocycles. The second-order valence-corrected chi connectivity index (χ2v) is 11.6. The fourth-order valence-corrected chi connectivity index (χ4v) is 6.08. The minimum absolute atomic E-state index is 0.0416. The van der Waals surface area contributed by atoms with Crippen LogP contribution in [0, 0.1) is 0 Å². The molecule has 0 fully saturated rings. The van der Waals surface area contributed by atoms with Gasteiger partial charge in [0, 0.05) is 12.1 Å². The molecule has 0 unspecified atom stereocenters. The average molecular weight is 667 g/mol. The molecule has 1 aliphatic rings. The van der Waals surface area contributed by atoms with Gasteiger partial charge in [0.1, 0.15) is 17.2 Å². The third-order valence-electron chi connectivity index (χ3n) is 7.67. The number of nitrogens with zero attached hydrogens (tertiary/aromatic N) is 5. The van der Waals surface area contributed by atoms with E-state index in [0.717, 1.165) is 39.8 Å². The molecule has 12 nitrogen and oxygen atoms in total. The minimum Gasteiger partial charge on any atom is -0.497 e. The third kappa shape index (κ3) is 7.20. The molecule has 0 saturated heterocycles. The molecule has 2 amide bonds. The molecule has 13 heteroatoms. The van der Waals surface area contributed by atoms with Crippen molar-refractivity contribution < 1.29 is 28.2 Å². The van der Waals surface area contributed by atoms with Crippen molar-refractivity contribution >= 4 is 29.3 Å². The zero-order chi connectivity index (χ0) is 33.5. The lowest BCUT2D eigenvalue weighted by Crippen LogP contribution is -2.28. The van der Waals surface area contributed by atoms with Crippen LogP contribution in [-0.2, 0) is 11.3 Å². The average Bonchev–Trinajstić information content (AvgIpc) is 3.91. The van der Waals surface area contributed by atoms with E-state index in [9.17, 15) is 9.59 Å². The van der Waals surface area contributed by atoms with Crippen molar-refractivity contribution in [3.63, 3.8) is 0 Å². The highest BCUT2D eigenvalue weighted by Gasteiger charge is 2.33. The number of benzene rings is 3. The van der Waals surface area contributed by atoms with Crippen molar-refractivity contribution in [2.75, 3.05) is 26.6 Å². The molecule has 0 saturated carbocycles. The van der Waals surface area contributed by atoms with E-state index in [0.29, 0.717) is 24.0 Å². The van der Waals surface area contributed by atoms with Gasteiger partial charge in [0.2, 0.25) is 0 Å². The SMILES string of the molecule is CCOc1ccc(-n2c(CNC(=O)c3ccco3)nnc2SCC(=O)N2N=C(c3ccc(OC)cc3)C[C@H]2c2ccc(OC)cc2)cc1. The summed E-state index contributed by atoms with van der Waals surface area (Å²) in [5, 5.41) is 18.4. The van der Waals surface area contributed by atoms with E-state index in [2.05, 4.69) is 15.5 Å². The van der Waals surface area contributed by atoms with E-state index < -0.39 is 0 Å². The fourth-order valence-electron chi connectivity index (χ4n) is 5.26. The number of furan rings is 1. The van der Waals surface area contributed by atoms with Crippen LogP contribution in [0.4, 0.5) is 0 Å². The fraction of sp³-hybridized carbons (Fsp3) is 0.229. The lowest BCUT2D eigenvalue weighted by atomic mass is 9.98. The zero-order valence-corrected chi connectivity index (χ0v) is 27.5. The molecule has 0 bridgehead atoms. The quantitative estimate of drug-likeness (QED) is 0.158. The Bertz CT molecular complexity index is 1870.